The van der Waals surface area contributed by atoms with Crippen LogP contribution < -0.4 is 5.56 Å². The van der Waals surface area contributed by atoms with Gasteiger partial charge in [-0.05, 0) is 24.3 Å². The third kappa shape index (κ3) is 1.67. The van der Waals surface area contributed by atoms with Gasteiger partial charge in [0.05, 0.1) is 0 Å². The van der Waals surface area contributed by atoms with Gasteiger partial charge in [-0.25, -0.2) is 0 Å². The molecule has 0 atom stereocenters. The van der Waals surface area contributed by atoms with E-state index in [1.807, 2.05) is 12.1 Å². The van der Waals surface area contributed by atoms with Gasteiger partial charge in [0.25, 0.3) is 5.56 Å². The van der Waals surface area contributed by atoms with Crippen LogP contribution in [0.15, 0.2) is 41.5 Å². The average Bonchev–Trinajstić information content (AvgIpc) is 2.23. The summed E-state index contributed by atoms with van der Waals surface area (Å²) in [5.74, 6) is 0. The summed E-state index contributed by atoms with van der Waals surface area (Å²) in [5, 5.41) is 0.197. The molecule has 0 amide bonds. The van der Waals surface area contributed by atoms with Crippen LogP contribution in [-0.2, 0) is 0 Å². The van der Waals surface area contributed by atoms with Crippen molar-refractivity contribution in [2.24, 2.45) is 0 Å². The van der Waals surface area contributed by atoms with E-state index in [-0.39, 0.29) is 10.6 Å². The Morgan fingerprint density at radius 2 is 1.86 bits per heavy atom. The predicted molar refractivity (Wildman–Crippen MR) is 55.3 cm³/mol. The first kappa shape index (κ1) is 8.97. The lowest BCUT2D eigenvalue weighted by Gasteiger charge is -1.99. The van der Waals surface area contributed by atoms with E-state index in [1.165, 1.54) is 0 Å². The first-order chi connectivity index (χ1) is 6.77. The number of pyridine rings is 2. The lowest BCUT2D eigenvalue weighted by molar-refractivity contribution is 1.23. The zero-order valence-corrected chi connectivity index (χ0v) is 7.95. The minimum Gasteiger partial charge on any atom is -0.321 e. The highest BCUT2D eigenvalue weighted by molar-refractivity contribution is 6.30. The number of nitrogens with one attached hydrogen (secondary N) is 1. The monoisotopic (exact) mass is 206 g/mol. The summed E-state index contributed by atoms with van der Waals surface area (Å²) in [5.41, 5.74) is 1.37. The fourth-order valence-electron chi connectivity index (χ4n) is 1.16. The molecular formula is C10H7ClN2O. The van der Waals surface area contributed by atoms with Crippen molar-refractivity contribution in [1.82, 2.24) is 9.97 Å². The number of rotatable bonds is 1. The number of aromatic nitrogens is 2. The van der Waals surface area contributed by atoms with E-state index in [4.69, 9.17) is 11.6 Å². The minimum absolute atomic E-state index is 0.197. The Balaban J connectivity index is 2.54. The molecule has 0 unspecified atom stereocenters. The SMILES string of the molecule is O=c1[nH]c(-c2ccncc2)ccc1Cl. The molecule has 2 heterocycles. The Bertz CT molecular complexity index is 493. The lowest BCUT2D eigenvalue weighted by Crippen LogP contribution is -2.06. The van der Waals surface area contributed by atoms with Crippen molar-refractivity contribution in [2.45, 2.75) is 0 Å². The first-order valence-corrected chi connectivity index (χ1v) is 4.44. The minimum atomic E-state index is -0.277. The van der Waals surface area contributed by atoms with Crippen LogP contribution in [0.25, 0.3) is 11.3 Å². The van der Waals surface area contributed by atoms with E-state index < -0.39 is 0 Å². The van der Waals surface area contributed by atoms with Gasteiger partial charge in [0, 0.05) is 23.7 Å². The molecule has 0 aromatic carbocycles. The van der Waals surface area contributed by atoms with Crippen LogP contribution >= 0.6 is 11.6 Å². The topological polar surface area (TPSA) is 45.8 Å². The summed E-state index contributed by atoms with van der Waals surface area (Å²) >= 11 is 5.61. The van der Waals surface area contributed by atoms with Crippen molar-refractivity contribution in [3.05, 3.63) is 52.0 Å². The number of hydrogen-bond donors (Lipinski definition) is 1. The molecule has 2 aromatic heterocycles. The van der Waals surface area contributed by atoms with Gasteiger partial charge in [-0.15, -0.1) is 0 Å². The highest BCUT2D eigenvalue weighted by Crippen LogP contribution is 2.14. The second-order valence-electron chi connectivity index (χ2n) is 2.78. The predicted octanol–water partition coefficient (Wildman–Crippen LogP) is 2.09. The number of halogens is 1. The second-order valence-corrected chi connectivity index (χ2v) is 3.19. The van der Waals surface area contributed by atoms with E-state index in [0.717, 1.165) is 11.3 Å². The van der Waals surface area contributed by atoms with Gasteiger partial charge in [0.2, 0.25) is 0 Å². The Hall–Kier alpha value is -1.61. The molecule has 0 saturated carbocycles. The summed E-state index contributed by atoms with van der Waals surface area (Å²) in [6.45, 7) is 0. The molecule has 0 aliphatic carbocycles. The fraction of sp³-hybridized carbons (Fsp3) is 0. The summed E-state index contributed by atoms with van der Waals surface area (Å²) in [6, 6.07) is 6.98. The van der Waals surface area contributed by atoms with Gasteiger partial charge in [-0.3, -0.25) is 9.78 Å². The Morgan fingerprint density at radius 1 is 1.14 bits per heavy atom. The summed E-state index contributed by atoms with van der Waals surface area (Å²) in [4.78, 5) is 17.8. The summed E-state index contributed by atoms with van der Waals surface area (Å²) < 4.78 is 0. The van der Waals surface area contributed by atoms with Crippen LogP contribution in [0.3, 0.4) is 0 Å². The molecule has 0 aliphatic heterocycles. The van der Waals surface area contributed by atoms with Crippen LogP contribution in [0.2, 0.25) is 5.02 Å². The maximum Gasteiger partial charge on any atom is 0.267 e. The quantitative estimate of drug-likeness (QED) is 0.777. The molecule has 0 spiro atoms. The van der Waals surface area contributed by atoms with Crippen LogP contribution in [-0.4, -0.2) is 9.97 Å². The molecule has 2 aromatic rings. The fourth-order valence-corrected chi connectivity index (χ4v) is 1.27. The van der Waals surface area contributed by atoms with Gasteiger partial charge in [0.1, 0.15) is 5.02 Å². The molecule has 70 valence electrons. The normalized spacial score (nSPS) is 10.1. The van der Waals surface area contributed by atoms with Crippen LogP contribution in [0.4, 0.5) is 0 Å². The van der Waals surface area contributed by atoms with Crippen LogP contribution in [0.5, 0.6) is 0 Å². The Morgan fingerprint density at radius 3 is 2.50 bits per heavy atom. The highest BCUT2D eigenvalue weighted by atomic mass is 35.5. The van der Waals surface area contributed by atoms with Gasteiger partial charge in [0.15, 0.2) is 0 Å². The average molecular weight is 207 g/mol. The smallest absolute Gasteiger partial charge is 0.267 e. The van der Waals surface area contributed by atoms with Gasteiger partial charge in [-0.1, -0.05) is 11.6 Å². The maximum atomic E-state index is 11.2. The van der Waals surface area contributed by atoms with Crippen LogP contribution in [0.1, 0.15) is 0 Å². The molecule has 4 heteroatoms. The third-order valence-corrected chi connectivity index (χ3v) is 2.15. The lowest BCUT2D eigenvalue weighted by atomic mass is 10.2. The van der Waals surface area contributed by atoms with E-state index >= 15 is 0 Å². The molecular weight excluding hydrogens is 200 g/mol. The number of aromatic amines is 1. The van der Waals surface area contributed by atoms with Gasteiger partial charge < -0.3 is 4.98 Å². The van der Waals surface area contributed by atoms with E-state index in [2.05, 4.69) is 9.97 Å². The van der Waals surface area contributed by atoms with Crippen molar-refractivity contribution in [1.29, 1.82) is 0 Å². The van der Waals surface area contributed by atoms with Crippen molar-refractivity contribution >= 4 is 11.6 Å². The van der Waals surface area contributed by atoms with Crippen LogP contribution in [0, 0.1) is 0 Å². The van der Waals surface area contributed by atoms with Crippen molar-refractivity contribution in [3.63, 3.8) is 0 Å². The van der Waals surface area contributed by atoms with E-state index in [9.17, 15) is 4.79 Å². The van der Waals surface area contributed by atoms with E-state index in [1.54, 1.807) is 24.5 Å². The third-order valence-electron chi connectivity index (χ3n) is 1.85. The molecule has 0 saturated heterocycles. The zero-order valence-electron chi connectivity index (χ0n) is 7.20. The van der Waals surface area contributed by atoms with Gasteiger partial charge >= 0.3 is 0 Å². The maximum absolute atomic E-state index is 11.2. The number of H-pyrrole nitrogens is 1. The molecule has 14 heavy (non-hydrogen) atoms. The second kappa shape index (κ2) is 3.64. The first-order valence-electron chi connectivity index (χ1n) is 4.06. The number of nitrogens with zero attached hydrogens (tertiary/aromatic N) is 1. The van der Waals surface area contributed by atoms with Crippen molar-refractivity contribution in [3.8, 4) is 11.3 Å². The molecule has 2 rings (SSSR count). The molecule has 1 N–H and O–H groups in total. The summed E-state index contributed by atoms with van der Waals surface area (Å²) in [6.07, 6.45) is 3.34. The standard InChI is InChI=1S/C10H7ClN2O/c11-8-1-2-9(13-10(8)14)7-3-5-12-6-4-7/h1-6H,(H,13,14). The zero-order chi connectivity index (χ0) is 9.97. The highest BCUT2D eigenvalue weighted by Gasteiger charge is 1.99. The largest absolute Gasteiger partial charge is 0.321 e. The van der Waals surface area contributed by atoms with Gasteiger partial charge in [-0.2, -0.15) is 0 Å². The molecule has 0 bridgehead atoms. The number of hydrogen-bond acceptors (Lipinski definition) is 2. The molecule has 0 fully saturated rings. The van der Waals surface area contributed by atoms with Crippen molar-refractivity contribution < 1.29 is 0 Å². The molecule has 0 radical (unpaired) electrons. The summed E-state index contributed by atoms with van der Waals surface area (Å²) in [7, 11) is 0. The molecule has 3 nitrogen and oxygen atoms in total. The van der Waals surface area contributed by atoms with E-state index in [0.29, 0.717) is 0 Å². The molecule has 0 aliphatic rings. The Labute approximate surface area is 85.4 Å². The Kier molecular flexibility index (Phi) is 2.33. The van der Waals surface area contributed by atoms with Crippen molar-refractivity contribution in [2.75, 3.05) is 0 Å².